The molecule has 0 N–H and O–H groups in total. The van der Waals surface area contributed by atoms with Crippen molar-refractivity contribution in [2.45, 2.75) is 0 Å². The first-order valence-corrected chi connectivity index (χ1v) is 4.04. The SMILES string of the molecule is Cn1[c]cc(-c2cc(F)ccc2F)n1. The molecular formula is C10H7F2N2. The van der Waals surface area contributed by atoms with E-state index >= 15 is 0 Å². The summed E-state index contributed by atoms with van der Waals surface area (Å²) in [5.41, 5.74) is 0.534. The zero-order chi connectivity index (χ0) is 10.1. The van der Waals surface area contributed by atoms with Crippen LogP contribution in [0.5, 0.6) is 0 Å². The summed E-state index contributed by atoms with van der Waals surface area (Å²) in [6.07, 6.45) is 2.73. The minimum atomic E-state index is -0.488. The maximum Gasteiger partial charge on any atom is 0.132 e. The summed E-state index contributed by atoms with van der Waals surface area (Å²) in [5.74, 6) is -0.967. The minimum Gasteiger partial charge on any atom is -0.266 e. The van der Waals surface area contributed by atoms with Crippen LogP contribution < -0.4 is 0 Å². The van der Waals surface area contributed by atoms with Gasteiger partial charge in [0.1, 0.15) is 11.6 Å². The Labute approximate surface area is 79.8 Å². The highest BCUT2D eigenvalue weighted by Crippen LogP contribution is 2.21. The maximum atomic E-state index is 13.2. The van der Waals surface area contributed by atoms with Crippen LogP contribution in [0.1, 0.15) is 0 Å². The van der Waals surface area contributed by atoms with E-state index in [4.69, 9.17) is 0 Å². The first-order chi connectivity index (χ1) is 6.66. The van der Waals surface area contributed by atoms with Gasteiger partial charge in [-0.2, -0.15) is 5.10 Å². The van der Waals surface area contributed by atoms with Crippen LogP contribution in [-0.4, -0.2) is 9.78 Å². The van der Waals surface area contributed by atoms with E-state index in [-0.39, 0.29) is 5.56 Å². The van der Waals surface area contributed by atoms with Crippen LogP contribution in [-0.2, 0) is 7.05 Å². The lowest BCUT2D eigenvalue weighted by Crippen LogP contribution is -1.90. The topological polar surface area (TPSA) is 17.8 Å². The van der Waals surface area contributed by atoms with Crippen molar-refractivity contribution in [3.05, 3.63) is 42.1 Å². The fraction of sp³-hybridized carbons (Fsp3) is 0.100. The third-order valence-corrected chi connectivity index (χ3v) is 1.85. The van der Waals surface area contributed by atoms with Crippen molar-refractivity contribution in [3.63, 3.8) is 0 Å². The zero-order valence-electron chi connectivity index (χ0n) is 7.46. The van der Waals surface area contributed by atoms with Crippen molar-refractivity contribution in [1.29, 1.82) is 0 Å². The van der Waals surface area contributed by atoms with Gasteiger partial charge in [0.15, 0.2) is 0 Å². The van der Waals surface area contributed by atoms with Crippen LogP contribution in [0.25, 0.3) is 11.3 Å². The predicted molar refractivity (Wildman–Crippen MR) is 47.4 cm³/mol. The summed E-state index contributed by atoms with van der Waals surface area (Å²) in [4.78, 5) is 0. The fourth-order valence-electron chi connectivity index (χ4n) is 1.20. The van der Waals surface area contributed by atoms with Crippen molar-refractivity contribution in [1.82, 2.24) is 9.78 Å². The van der Waals surface area contributed by atoms with Crippen molar-refractivity contribution in [2.75, 3.05) is 0 Å². The quantitative estimate of drug-likeness (QED) is 0.678. The fourth-order valence-corrected chi connectivity index (χ4v) is 1.20. The molecule has 14 heavy (non-hydrogen) atoms. The van der Waals surface area contributed by atoms with Crippen molar-refractivity contribution in [2.24, 2.45) is 7.05 Å². The van der Waals surface area contributed by atoms with Gasteiger partial charge in [0, 0.05) is 12.6 Å². The molecule has 0 aliphatic carbocycles. The van der Waals surface area contributed by atoms with E-state index in [9.17, 15) is 8.78 Å². The molecular weight excluding hydrogens is 186 g/mol. The van der Waals surface area contributed by atoms with Gasteiger partial charge < -0.3 is 0 Å². The Balaban J connectivity index is 2.55. The van der Waals surface area contributed by atoms with E-state index in [1.807, 2.05) is 0 Å². The van der Waals surface area contributed by atoms with Gasteiger partial charge in [-0.1, -0.05) is 0 Å². The number of nitrogens with zero attached hydrogens (tertiary/aromatic N) is 2. The molecule has 2 nitrogen and oxygen atoms in total. The molecule has 4 heteroatoms. The molecule has 2 aromatic rings. The summed E-state index contributed by atoms with van der Waals surface area (Å²) in [7, 11) is 1.67. The summed E-state index contributed by atoms with van der Waals surface area (Å²) >= 11 is 0. The normalized spacial score (nSPS) is 10.5. The van der Waals surface area contributed by atoms with E-state index in [0.717, 1.165) is 18.2 Å². The van der Waals surface area contributed by atoms with Crippen LogP contribution in [0, 0.1) is 17.8 Å². The van der Waals surface area contributed by atoms with Crippen molar-refractivity contribution in [3.8, 4) is 11.3 Å². The van der Waals surface area contributed by atoms with Gasteiger partial charge in [-0.3, -0.25) is 4.68 Å². The molecule has 0 amide bonds. The minimum absolute atomic E-state index is 0.154. The molecule has 2 rings (SSSR count). The van der Waals surface area contributed by atoms with E-state index in [2.05, 4.69) is 11.3 Å². The highest BCUT2D eigenvalue weighted by molar-refractivity contribution is 5.59. The summed E-state index contributed by atoms with van der Waals surface area (Å²) in [6.45, 7) is 0. The van der Waals surface area contributed by atoms with Crippen LogP contribution in [0.3, 0.4) is 0 Å². The Kier molecular flexibility index (Phi) is 2.04. The number of rotatable bonds is 1. The van der Waals surface area contributed by atoms with E-state index in [1.165, 1.54) is 10.7 Å². The highest BCUT2D eigenvalue weighted by atomic mass is 19.1. The number of halogens is 2. The van der Waals surface area contributed by atoms with Crippen LogP contribution in [0.15, 0.2) is 24.3 Å². The second kappa shape index (κ2) is 3.21. The van der Waals surface area contributed by atoms with Crippen molar-refractivity contribution >= 4 is 0 Å². The summed E-state index contributed by atoms with van der Waals surface area (Å²) < 4.78 is 27.5. The van der Waals surface area contributed by atoms with Crippen LogP contribution in [0.2, 0.25) is 0 Å². The molecule has 0 aliphatic heterocycles. The number of hydrogen-bond acceptors (Lipinski definition) is 1. The standard InChI is InChI=1S/C10H7F2N2/c1-14-5-4-10(13-14)8-6-7(11)2-3-9(8)12/h2-4,6H,1H3. The molecule has 0 unspecified atom stereocenters. The third kappa shape index (κ3) is 1.51. The average Bonchev–Trinajstić information content (AvgIpc) is 2.56. The Morgan fingerprint density at radius 2 is 2.14 bits per heavy atom. The average molecular weight is 193 g/mol. The molecule has 0 fully saturated rings. The lowest BCUT2D eigenvalue weighted by molar-refractivity contribution is 0.602. The van der Waals surface area contributed by atoms with Gasteiger partial charge >= 0.3 is 0 Å². The number of aromatic nitrogens is 2. The molecule has 1 radical (unpaired) electrons. The van der Waals surface area contributed by atoms with Gasteiger partial charge in [-0.25, -0.2) is 8.78 Å². The molecule has 0 bridgehead atoms. The Morgan fingerprint density at radius 1 is 1.36 bits per heavy atom. The Morgan fingerprint density at radius 3 is 2.79 bits per heavy atom. The zero-order valence-corrected chi connectivity index (χ0v) is 7.46. The maximum absolute atomic E-state index is 13.2. The molecule has 1 aromatic heterocycles. The monoisotopic (exact) mass is 193 g/mol. The summed E-state index contributed by atoms with van der Waals surface area (Å²) in [5, 5.41) is 3.94. The predicted octanol–water partition coefficient (Wildman–Crippen LogP) is 2.17. The van der Waals surface area contributed by atoms with Gasteiger partial charge in [-0.05, 0) is 24.3 Å². The Bertz CT molecular complexity index is 463. The van der Waals surface area contributed by atoms with Gasteiger partial charge in [0.05, 0.1) is 11.9 Å². The smallest absolute Gasteiger partial charge is 0.132 e. The molecule has 0 spiro atoms. The number of aryl methyl sites for hydroxylation is 1. The van der Waals surface area contributed by atoms with Crippen LogP contribution in [0.4, 0.5) is 8.78 Å². The van der Waals surface area contributed by atoms with Gasteiger partial charge in [-0.15, -0.1) is 0 Å². The van der Waals surface area contributed by atoms with Crippen molar-refractivity contribution < 1.29 is 8.78 Å². The molecule has 0 atom stereocenters. The van der Waals surface area contributed by atoms with Gasteiger partial charge in [0.25, 0.3) is 0 Å². The lowest BCUT2D eigenvalue weighted by Gasteiger charge is -1.98. The van der Waals surface area contributed by atoms with E-state index in [0.29, 0.717) is 5.69 Å². The Hall–Kier alpha value is -1.71. The molecule has 1 aromatic carbocycles. The molecule has 71 valence electrons. The highest BCUT2D eigenvalue weighted by Gasteiger charge is 2.08. The first kappa shape index (κ1) is 8.87. The second-order valence-corrected chi connectivity index (χ2v) is 2.91. The van der Waals surface area contributed by atoms with Crippen LogP contribution >= 0.6 is 0 Å². The molecule has 0 aliphatic rings. The number of benzene rings is 1. The number of hydrogen-bond donors (Lipinski definition) is 0. The van der Waals surface area contributed by atoms with E-state index in [1.54, 1.807) is 7.05 Å². The summed E-state index contributed by atoms with van der Waals surface area (Å²) in [6, 6.07) is 4.79. The van der Waals surface area contributed by atoms with Gasteiger partial charge in [0.2, 0.25) is 0 Å². The first-order valence-electron chi connectivity index (χ1n) is 4.04. The third-order valence-electron chi connectivity index (χ3n) is 1.85. The molecule has 1 heterocycles. The second-order valence-electron chi connectivity index (χ2n) is 2.91. The lowest BCUT2D eigenvalue weighted by atomic mass is 10.1. The molecule has 0 saturated carbocycles. The largest absolute Gasteiger partial charge is 0.266 e. The van der Waals surface area contributed by atoms with E-state index < -0.39 is 11.6 Å². The molecule has 0 saturated heterocycles.